The maximum Gasteiger partial charge on any atom is 0.242 e. The molecule has 0 spiro atoms. The minimum absolute atomic E-state index is 0. The molecule has 18 heavy (non-hydrogen) atoms. The second-order valence-corrected chi connectivity index (χ2v) is 4.51. The maximum atomic E-state index is 12.0. The van der Waals surface area contributed by atoms with Crippen LogP contribution in [-0.4, -0.2) is 73.6 Å². The molecule has 2 heterocycles. The van der Waals surface area contributed by atoms with Gasteiger partial charge in [-0.25, -0.2) is 0 Å². The number of carbonyl (C=O) groups excluding carboxylic acids is 2. The number of amides is 2. The van der Waals surface area contributed by atoms with Crippen LogP contribution in [0, 0.1) is 0 Å². The topological polar surface area (TPSA) is 61.9 Å². The van der Waals surface area contributed by atoms with Crippen molar-refractivity contribution in [2.45, 2.75) is 13.0 Å². The zero-order valence-corrected chi connectivity index (χ0v) is 11.4. The number of carbonyl (C=O) groups is 2. The summed E-state index contributed by atoms with van der Waals surface area (Å²) in [6, 6.07) is 0. The van der Waals surface area contributed by atoms with E-state index in [1.165, 1.54) is 0 Å². The molecule has 104 valence electrons. The summed E-state index contributed by atoms with van der Waals surface area (Å²) in [7, 11) is 0. The molecule has 0 aromatic carbocycles. The predicted octanol–water partition coefficient (Wildman–Crippen LogP) is -0.913. The molecule has 2 rings (SSSR count). The summed E-state index contributed by atoms with van der Waals surface area (Å²) >= 11 is 0. The average Bonchev–Trinajstić information content (AvgIpc) is 2.32. The van der Waals surface area contributed by atoms with Crippen LogP contribution in [0.25, 0.3) is 0 Å². The molecule has 1 N–H and O–H groups in total. The molecule has 2 fully saturated rings. The molecule has 2 aliphatic rings. The summed E-state index contributed by atoms with van der Waals surface area (Å²) in [5, 5.41) is 2.99. The Balaban J connectivity index is 0.00000162. The van der Waals surface area contributed by atoms with Gasteiger partial charge in [-0.3, -0.25) is 9.59 Å². The standard InChI is InChI=1S/C11H19N3O3.ClH/c1-9-7-14(4-5-17-9)11(16)8-13-3-2-12-6-10(13)15;/h9,12H,2-8H2,1H3;1H. The first-order chi connectivity index (χ1) is 8.16. The lowest BCUT2D eigenvalue weighted by Crippen LogP contribution is -2.53. The van der Waals surface area contributed by atoms with Gasteiger partial charge in [0.2, 0.25) is 11.8 Å². The van der Waals surface area contributed by atoms with Crippen LogP contribution in [0.1, 0.15) is 6.92 Å². The first kappa shape index (κ1) is 15.2. The monoisotopic (exact) mass is 277 g/mol. The van der Waals surface area contributed by atoms with E-state index in [0.29, 0.717) is 32.8 Å². The SMILES string of the molecule is CC1CN(C(=O)CN2CCNCC2=O)CCO1.Cl. The normalized spacial score (nSPS) is 24.7. The van der Waals surface area contributed by atoms with Crippen LogP contribution in [0.4, 0.5) is 0 Å². The molecule has 2 aliphatic heterocycles. The van der Waals surface area contributed by atoms with E-state index in [4.69, 9.17) is 4.74 Å². The van der Waals surface area contributed by atoms with Crippen LogP contribution >= 0.6 is 12.4 Å². The van der Waals surface area contributed by atoms with E-state index >= 15 is 0 Å². The van der Waals surface area contributed by atoms with Crippen molar-refractivity contribution < 1.29 is 14.3 Å². The fourth-order valence-electron chi connectivity index (χ4n) is 2.12. The van der Waals surface area contributed by atoms with Crippen LogP contribution in [0.5, 0.6) is 0 Å². The molecule has 0 saturated carbocycles. The van der Waals surface area contributed by atoms with Gasteiger partial charge >= 0.3 is 0 Å². The van der Waals surface area contributed by atoms with Gasteiger partial charge < -0.3 is 19.9 Å². The van der Waals surface area contributed by atoms with Gasteiger partial charge in [-0.05, 0) is 6.92 Å². The largest absolute Gasteiger partial charge is 0.375 e. The Bertz CT molecular complexity index is 314. The van der Waals surface area contributed by atoms with E-state index in [1.54, 1.807) is 9.80 Å². The number of hydrogen-bond acceptors (Lipinski definition) is 4. The quantitative estimate of drug-likeness (QED) is 0.710. The van der Waals surface area contributed by atoms with E-state index in [-0.39, 0.29) is 36.9 Å². The number of halogens is 1. The van der Waals surface area contributed by atoms with Crippen LogP contribution in [-0.2, 0) is 14.3 Å². The van der Waals surface area contributed by atoms with Crippen LogP contribution in [0.15, 0.2) is 0 Å². The van der Waals surface area contributed by atoms with Crippen LogP contribution in [0.2, 0.25) is 0 Å². The second kappa shape index (κ2) is 6.92. The molecule has 6 nitrogen and oxygen atoms in total. The first-order valence-electron chi connectivity index (χ1n) is 6.04. The zero-order chi connectivity index (χ0) is 12.3. The highest BCUT2D eigenvalue weighted by molar-refractivity contribution is 5.86. The lowest BCUT2D eigenvalue weighted by Gasteiger charge is -2.34. The predicted molar refractivity (Wildman–Crippen MR) is 68.7 cm³/mol. The summed E-state index contributed by atoms with van der Waals surface area (Å²) in [6.45, 7) is 5.71. The Hall–Kier alpha value is -0.850. The van der Waals surface area contributed by atoms with Gasteiger partial charge in [-0.15, -0.1) is 12.4 Å². The highest BCUT2D eigenvalue weighted by atomic mass is 35.5. The summed E-state index contributed by atoms with van der Waals surface area (Å²) in [5.74, 6) is 0.0290. The van der Waals surface area contributed by atoms with Gasteiger partial charge in [-0.1, -0.05) is 0 Å². The Morgan fingerprint density at radius 2 is 2.28 bits per heavy atom. The number of ether oxygens (including phenoxy) is 1. The Kier molecular flexibility index (Phi) is 5.84. The third-order valence-corrected chi connectivity index (χ3v) is 3.11. The van der Waals surface area contributed by atoms with Crippen molar-refractivity contribution in [1.82, 2.24) is 15.1 Å². The third-order valence-electron chi connectivity index (χ3n) is 3.11. The van der Waals surface area contributed by atoms with E-state index in [9.17, 15) is 9.59 Å². The van der Waals surface area contributed by atoms with E-state index in [0.717, 1.165) is 6.54 Å². The van der Waals surface area contributed by atoms with Crippen molar-refractivity contribution >= 4 is 24.2 Å². The van der Waals surface area contributed by atoms with E-state index in [1.807, 2.05) is 6.92 Å². The molecule has 2 saturated heterocycles. The second-order valence-electron chi connectivity index (χ2n) is 4.51. The highest BCUT2D eigenvalue weighted by Gasteiger charge is 2.25. The minimum Gasteiger partial charge on any atom is -0.375 e. The number of piperazine rings is 1. The number of rotatable bonds is 2. The van der Waals surface area contributed by atoms with Crippen molar-refractivity contribution in [2.75, 3.05) is 45.9 Å². The van der Waals surface area contributed by atoms with E-state index < -0.39 is 0 Å². The fraction of sp³-hybridized carbons (Fsp3) is 0.818. The molecule has 1 unspecified atom stereocenters. The van der Waals surface area contributed by atoms with Gasteiger partial charge in [0.05, 0.1) is 25.8 Å². The minimum atomic E-state index is 0. The number of hydrogen-bond donors (Lipinski definition) is 1. The van der Waals surface area contributed by atoms with Crippen molar-refractivity contribution in [1.29, 1.82) is 0 Å². The average molecular weight is 278 g/mol. The lowest BCUT2D eigenvalue weighted by atomic mass is 10.2. The summed E-state index contributed by atoms with van der Waals surface area (Å²) in [5.41, 5.74) is 0. The van der Waals surface area contributed by atoms with Crippen molar-refractivity contribution in [3.05, 3.63) is 0 Å². The summed E-state index contributed by atoms with van der Waals surface area (Å²) < 4.78 is 5.38. The van der Waals surface area contributed by atoms with Crippen molar-refractivity contribution in [3.8, 4) is 0 Å². The highest BCUT2D eigenvalue weighted by Crippen LogP contribution is 2.06. The van der Waals surface area contributed by atoms with Crippen LogP contribution in [0.3, 0.4) is 0 Å². The zero-order valence-electron chi connectivity index (χ0n) is 10.6. The van der Waals surface area contributed by atoms with Gasteiger partial charge in [-0.2, -0.15) is 0 Å². The maximum absolute atomic E-state index is 12.0. The molecule has 2 amide bonds. The third kappa shape index (κ3) is 3.83. The fourth-order valence-corrected chi connectivity index (χ4v) is 2.12. The summed E-state index contributed by atoms with van der Waals surface area (Å²) in [4.78, 5) is 27.0. The van der Waals surface area contributed by atoms with Gasteiger partial charge in [0.15, 0.2) is 0 Å². The Morgan fingerprint density at radius 3 is 2.94 bits per heavy atom. The molecule has 0 bridgehead atoms. The molecule has 0 aliphatic carbocycles. The molecule has 0 aromatic heterocycles. The number of morpholine rings is 1. The Morgan fingerprint density at radius 1 is 1.50 bits per heavy atom. The van der Waals surface area contributed by atoms with E-state index in [2.05, 4.69) is 5.32 Å². The lowest BCUT2D eigenvalue weighted by molar-refractivity contribution is -0.145. The Labute approximate surface area is 113 Å². The molecule has 7 heteroatoms. The molecular weight excluding hydrogens is 258 g/mol. The van der Waals surface area contributed by atoms with Crippen molar-refractivity contribution in [3.63, 3.8) is 0 Å². The number of nitrogens with one attached hydrogen (secondary N) is 1. The van der Waals surface area contributed by atoms with Crippen LogP contribution < -0.4 is 5.32 Å². The van der Waals surface area contributed by atoms with Gasteiger partial charge in [0.25, 0.3) is 0 Å². The number of nitrogens with zero attached hydrogens (tertiary/aromatic N) is 2. The molecule has 0 radical (unpaired) electrons. The summed E-state index contributed by atoms with van der Waals surface area (Å²) in [6.07, 6.45) is 0.0893. The van der Waals surface area contributed by atoms with Gasteiger partial charge in [0, 0.05) is 26.2 Å². The van der Waals surface area contributed by atoms with Gasteiger partial charge in [0.1, 0.15) is 0 Å². The molecule has 1 atom stereocenters. The van der Waals surface area contributed by atoms with Crippen molar-refractivity contribution in [2.24, 2.45) is 0 Å². The molecule has 0 aromatic rings. The first-order valence-corrected chi connectivity index (χ1v) is 6.04. The molecular formula is C11H20ClN3O3. The smallest absolute Gasteiger partial charge is 0.242 e.